The van der Waals surface area contributed by atoms with Gasteiger partial charge < -0.3 is 14.2 Å². The van der Waals surface area contributed by atoms with Crippen molar-refractivity contribution in [2.75, 3.05) is 14.2 Å². The zero-order valence-corrected chi connectivity index (χ0v) is 13.9. The predicted octanol–water partition coefficient (Wildman–Crippen LogP) is 3.25. The van der Waals surface area contributed by atoms with Crippen LogP contribution in [0.2, 0.25) is 0 Å². The minimum atomic E-state index is -1.72. The maximum absolute atomic E-state index is 12.8. The minimum absolute atomic E-state index is 0.228. The number of cyclic esters (lactones) is 1. The summed E-state index contributed by atoms with van der Waals surface area (Å²) in [5, 5.41) is 9.85. The van der Waals surface area contributed by atoms with Gasteiger partial charge in [-0.3, -0.25) is 0 Å². The summed E-state index contributed by atoms with van der Waals surface area (Å²) in [7, 11) is 2.73. The average molecular weight is 335 g/mol. The van der Waals surface area contributed by atoms with Crippen LogP contribution in [-0.4, -0.2) is 26.0 Å². The maximum Gasteiger partial charge on any atom is 0.373 e. The van der Waals surface area contributed by atoms with E-state index in [9.17, 15) is 10.1 Å². The van der Waals surface area contributed by atoms with Crippen LogP contribution in [-0.2, 0) is 19.0 Å². The summed E-state index contributed by atoms with van der Waals surface area (Å²) in [5.41, 5.74) is 1.66. The molecule has 5 heteroatoms. The van der Waals surface area contributed by atoms with Gasteiger partial charge in [0.1, 0.15) is 0 Å². The summed E-state index contributed by atoms with van der Waals surface area (Å²) in [6, 6.07) is 20.4. The van der Waals surface area contributed by atoms with Crippen LogP contribution in [0.4, 0.5) is 0 Å². The zero-order valence-electron chi connectivity index (χ0n) is 13.9. The molecule has 1 aliphatic rings. The summed E-state index contributed by atoms with van der Waals surface area (Å²) in [5.74, 6) is -2.92. The Labute approximate surface area is 146 Å². The van der Waals surface area contributed by atoms with Crippen LogP contribution in [0, 0.1) is 11.3 Å². The lowest BCUT2D eigenvalue weighted by molar-refractivity contribution is -0.233. The third kappa shape index (κ3) is 2.72. The molecular weight excluding hydrogens is 318 g/mol. The maximum atomic E-state index is 12.8. The Balaban J connectivity index is 2.29. The average Bonchev–Trinajstić information content (AvgIpc) is 2.68. The third-order valence-corrected chi connectivity index (χ3v) is 4.29. The van der Waals surface area contributed by atoms with Crippen LogP contribution in [0.1, 0.15) is 17.0 Å². The number of carbonyl (C=O) groups is 1. The lowest BCUT2D eigenvalue weighted by atomic mass is 9.81. The lowest BCUT2D eigenvalue weighted by Crippen LogP contribution is -2.52. The van der Waals surface area contributed by atoms with Crippen molar-refractivity contribution in [2.24, 2.45) is 0 Å². The Bertz CT molecular complexity index is 833. The van der Waals surface area contributed by atoms with Crippen LogP contribution in [0.25, 0.3) is 5.76 Å². The van der Waals surface area contributed by atoms with Gasteiger partial charge >= 0.3 is 5.97 Å². The van der Waals surface area contributed by atoms with Crippen molar-refractivity contribution < 1.29 is 19.0 Å². The molecule has 0 aromatic heterocycles. The molecule has 0 fully saturated rings. The number of nitriles is 1. The first-order chi connectivity index (χ1) is 12.2. The molecule has 1 atom stereocenters. The van der Waals surface area contributed by atoms with E-state index in [1.54, 1.807) is 12.1 Å². The smallest absolute Gasteiger partial charge is 0.373 e. The van der Waals surface area contributed by atoms with Gasteiger partial charge in [-0.25, -0.2) is 4.79 Å². The molecule has 1 aliphatic heterocycles. The van der Waals surface area contributed by atoms with Crippen LogP contribution < -0.4 is 0 Å². The second kappa shape index (κ2) is 6.89. The van der Waals surface area contributed by atoms with E-state index in [0.29, 0.717) is 5.56 Å². The van der Waals surface area contributed by atoms with E-state index >= 15 is 0 Å². The number of ether oxygens (including phenoxy) is 3. The van der Waals surface area contributed by atoms with E-state index in [1.807, 2.05) is 48.5 Å². The summed E-state index contributed by atoms with van der Waals surface area (Å²) in [4.78, 5) is 12.8. The van der Waals surface area contributed by atoms with E-state index in [2.05, 4.69) is 6.07 Å². The molecule has 1 heterocycles. The third-order valence-electron chi connectivity index (χ3n) is 4.29. The van der Waals surface area contributed by atoms with Crippen molar-refractivity contribution in [1.82, 2.24) is 0 Å². The fraction of sp³-hybridized carbons (Fsp3) is 0.200. The van der Waals surface area contributed by atoms with Gasteiger partial charge in [-0.15, -0.1) is 0 Å². The molecule has 3 rings (SSSR count). The molecule has 0 saturated carbocycles. The highest BCUT2D eigenvalue weighted by Gasteiger charge is 2.55. The standard InChI is InChI=1S/C20H17NO4/c1-23-20(24-2)17(14-9-5-3-6-10-14)16(13-21)18(25-19(20)22)15-11-7-4-8-12-15/h3-12,17H,1-2H3. The minimum Gasteiger partial charge on any atom is -0.421 e. The number of carbonyl (C=O) groups excluding carboxylic acids is 1. The summed E-state index contributed by atoms with van der Waals surface area (Å²) in [6.45, 7) is 0. The van der Waals surface area contributed by atoms with E-state index in [0.717, 1.165) is 5.56 Å². The lowest BCUT2D eigenvalue weighted by Gasteiger charge is -2.39. The van der Waals surface area contributed by atoms with Gasteiger partial charge in [0.2, 0.25) is 0 Å². The molecule has 0 radical (unpaired) electrons. The van der Waals surface area contributed by atoms with Gasteiger partial charge in [-0.1, -0.05) is 60.7 Å². The normalized spacial score (nSPS) is 19.2. The van der Waals surface area contributed by atoms with Crippen LogP contribution >= 0.6 is 0 Å². The highest BCUT2D eigenvalue weighted by molar-refractivity contribution is 5.91. The van der Waals surface area contributed by atoms with Gasteiger partial charge in [-0.05, 0) is 5.56 Å². The topological polar surface area (TPSA) is 68.6 Å². The largest absolute Gasteiger partial charge is 0.421 e. The number of methoxy groups -OCH3 is 2. The van der Waals surface area contributed by atoms with Crippen LogP contribution in [0.15, 0.2) is 66.2 Å². The van der Waals surface area contributed by atoms with E-state index in [4.69, 9.17) is 14.2 Å². The first-order valence-electron chi connectivity index (χ1n) is 7.75. The number of esters is 1. The second-order valence-corrected chi connectivity index (χ2v) is 5.53. The molecular formula is C20H17NO4. The molecule has 2 aromatic carbocycles. The quantitative estimate of drug-likeness (QED) is 0.634. The Kier molecular flexibility index (Phi) is 4.66. The molecule has 5 nitrogen and oxygen atoms in total. The Morgan fingerprint density at radius 3 is 2.08 bits per heavy atom. The zero-order chi connectivity index (χ0) is 17.9. The highest BCUT2D eigenvalue weighted by Crippen LogP contribution is 2.46. The Morgan fingerprint density at radius 1 is 1.00 bits per heavy atom. The molecule has 126 valence electrons. The predicted molar refractivity (Wildman–Crippen MR) is 91.0 cm³/mol. The molecule has 25 heavy (non-hydrogen) atoms. The summed E-state index contributed by atoms with van der Waals surface area (Å²) >= 11 is 0. The van der Waals surface area contributed by atoms with Crippen molar-refractivity contribution in [3.05, 3.63) is 77.4 Å². The first kappa shape index (κ1) is 16.9. The highest BCUT2D eigenvalue weighted by atomic mass is 16.7. The van der Waals surface area contributed by atoms with Crippen molar-refractivity contribution in [2.45, 2.75) is 11.7 Å². The van der Waals surface area contributed by atoms with E-state index in [1.165, 1.54) is 14.2 Å². The van der Waals surface area contributed by atoms with Crippen LogP contribution in [0.3, 0.4) is 0 Å². The van der Waals surface area contributed by atoms with Crippen molar-refractivity contribution >= 4 is 11.7 Å². The number of rotatable bonds is 4. The van der Waals surface area contributed by atoms with Gasteiger partial charge in [0.25, 0.3) is 5.79 Å². The molecule has 1 unspecified atom stereocenters. The number of hydrogen-bond acceptors (Lipinski definition) is 5. The number of nitrogens with zero attached hydrogens (tertiary/aromatic N) is 1. The molecule has 0 saturated heterocycles. The van der Waals surface area contributed by atoms with Crippen molar-refractivity contribution in [1.29, 1.82) is 5.26 Å². The molecule has 0 spiro atoms. The summed E-state index contributed by atoms with van der Waals surface area (Å²) < 4.78 is 16.4. The molecule has 0 N–H and O–H groups in total. The Morgan fingerprint density at radius 2 is 1.56 bits per heavy atom. The monoisotopic (exact) mass is 335 g/mol. The van der Waals surface area contributed by atoms with Gasteiger partial charge in [-0.2, -0.15) is 5.26 Å². The van der Waals surface area contributed by atoms with Gasteiger partial charge in [0, 0.05) is 19.8 Å². The van der Waals surface area contributed by atoms with Gasteiger partial charge in [0.15, 0.2) is 5.76 Å². The molecule has 2 aromatic rings. The molecule has 0 bridgehead atoms. The van der Waals surface area contributed by atoms with Crippen molar-refractivity contribution in [3.8, 4) is 6.07 Å². The summed E-state index contributed by atoms with van der Waals surface area (Å²) in [6.07, 6.45) is 0. The fourth-order valence-corrected chi connectivity index (χ4v) is 3.09. The SMILES string of the molecule is COC1(OC)C(=O)OC(c2ccccc2)=C(C#N)C1c1ccccc1. The fourth-order valence-electron chi connectivity index (χ4n) is 3.09. The van der Waals surface area contributed by atoms with Crippen LogP contribution in [0.5, 0.6) is 0 Å². The number of hydrogen-bond donors (Lipinski definition) is 0. The van der Waals surface area contributed by atoms with Crippen molar-refractivity contribution in [3.63, 3.8) is 0 Å². The molecule has 0 amide bonds. The molecule has 0 aliphatic carbocycles. The second-order valence-electron chi connectivity index (χ2n) is 5.53. The van der Waals surface area contributed by atoms with E-state index in [-0.39, 0.29) is 11.3 Å². The first-order valence-corrected chi connectivity index (χ1v) is 7.75. The van der Waals surface area contributed by atoms with Gasteiger partial charge in [0.05, 0.1) is 17.6 Å². The Hall–Kier alpha value is -2.94. The van der Waals surface area contributed by atoms with E-state index < -0.39 is 17.7 Å². The number of benzene rings is 2.